The van der Waals surface area contributed by atoms with E-state index in [4.69, 9.17) is 23.2 Å². The van der Waals surface area contributed by atoms with E-state index < -0.39 is 0 Å². The Morgan fingerprint density at radius 3 is 2.88 bits per heavy atom. The second kappa shape index (κ2) is 5.37. The highest BCUT2D eigenvalue weighted by Gasteiger charge is 2.21. The molecule has 1 aromatic carbocycles. The third kappa shape index (κ3) is 2.89. The minimum atomic E-state index is 0.617. The molecule has 1 atom stereocenters. The van der Waals surface area contributed by atoms with Crippen LogP contribution in [-0.2, 0) is 6.54 Å². The molecule has 1 N–H and O–H groups in total. The zero-order valence-electron chi connectivity index (χ0n) is 9.34. The molecule has 4 heteroatoms. The molecule has 1 fully saturated rings. The SMILES string of the molecule is CNC1CCN(Cc2ccc(Cl)cc2Cl)C1. The van der Waals surface area contributed by atoms with E-state index in [1.165, 1.54) is 6.42 Å². The molecule has 0 aliphatic carbocycles. The number of likely N-dealkylation sites (tertiary alicyclic amines) is 1. The average molecular weight is 259 g/mol. The summed E-state index contributed by atoms with van der Waals surface area (Å²) < 4.78 is 0. The number of nitrogens with zero attached hydrogens (tertiary/aromatic N) is 1. The van der Waals surface area contributed by atoms with Gasteiger partial charge in [-0.05, 0) is 31.2 Å². The second-order valence-electron chi connectivity index (χ2n) is 4.25. The molecule has 0 spiro atoms. The Morgan fingerprint density at radius 1 is 1.44 bits per heavy atom. The number of halogens is 2. The minimum absolute atomic E-state index is 0.617. The molecular formula is C12H16Cl2N2. The van der Waals surface area contributed by atoms with E-state index in [-0.39, 0.29) is 0 Å². The summed E-state index contributed by atoms with van der Waals surface area (Å²) >= 11 is 12.0. The van der Waals surface area contributed by atoms with Gasteiger partial charge in [-0.25, -0.2) is 0 Å². The van der Waals surface area contributed by atoms with Gasteiger partial charge >= 0.3 is 0 Å². The molecule has 0 aromatic heterocycles. The summed E-state index contributed by atoms with van der Waals surface area (Å²) in [5.74, 6) is 0. The molecule has 1 aliphatic rings. The van der Waals surface area contributed by atoms with Crippen molar-refractivity contribution in [2.24, 2.45) is 0 Å². The molecule has 16 heavy (non-hydrogen) atoms. The molecule has 2 nitrogen and oxygen atoms in total. The van der Waals surface area contributed by atoms with Crippen molar-refractivity contribution >= 4 is 23.2 Å². The highest BCUT2D eigenvalue weighted by Crippen LogP contribution is 2.23. The van der Waals surface area contributed by atoms with Crippen molar-refractivity contribution < 1.29 is 0 Å². The van der Waals surface area contributed by atoms with Crippen molar-refractivity contribution in [2.45, 2.75) is 19.0 Å². The molecule has 2 rings (SSSR count). The largest absolute Gasteiger partial charge is 0.316 e. The molecule has 0 radical (unpaired) electrons. The molecule has 88 valence electrons. The van der Waals surface area contributed by atoms with E-state index in [2.05, 4.69) is 10.2 Å². The standard InChI is InChI=1S/C12H16Cl2N2/c1-15-11-4-5-16(8-11)7-9-2-3-10(13)6-12(9)14/h2-3,6,11,15H,4-5,7-8H2,1H3. The monoisotopic (exact) mass is 258 g/mol. The van der Waals surface area contributed by atoms with Crippen molar-refractivity contribution in [3.63, 3.8) is 0 Å². The van der Waals surface area contributed by atoms with Crippen LogP contribution in [0.1, 0.15) is 12.0 Å². The fourth-order valence-electron chi connectivity index (χ4n) is 2.10. The first-order chi connectivity index (χ1) is 7.69. The van der Waals surface area contributed by atoms with Crippen LogP contribution in [0.25, 0.3) is 0 Å². The average Bonchev–Trinajstić information content (AvgIpc) is 2.70. The number of benzene rings is 1. The second-order valence-corrected chi connectivity index (χ2v) is 5.09. The number of rotatable bonds is 3. The maximum Gasteiger partial charge on any atom is 0.0465 e. The Hall–Kier alpha value is -0.280. The summed E-state index contributed by atoms with van der Waals surface area (Å²) in [5.41, 5.74) is 1.16. The van der Waals surface area contributed by atoms with Crippen LogP contribution in [-0.4, -0.2) is 31.1 Å². The highest BCUT2D eigenvalue weighted by atomic mass is 35.5. The van der Waals surface area contributed by atoms with Gasteiger partial charge in [0.25, 0.3) is 0 Å². The number of nitrogens with one attached hydrogen (secondary N) is 1. The smallest absolute Gasteiger partial charge is 0.0465 e. The first-order valence-corrected chi connectivity index (χ1v) is 6.28. The van der Waals surface area contributed by atoms with Crippen LogP contribution in [0.15, 0.2) is 18.2 Å². The molecule has 0 bridgehead atoms. The van der Waals surface area contributed by atoms with Gasteiger partial charge in [0.05, 0.1) is 0 Å². The lowest BCUT2D eigenvalue weighted by atomic mass is 10.2. The predicted octanol–water partition coefficient (Wildman–Crippen LogP) is 2.79. The van der Waals surface area contributed by atoms with Crippen molar-refractivity contribution in [3.8, 4) is 0 Å². The first-order valence-electron chi connectivity index (χ1n) is 5.52. The number of hydrogen-bond donors (Lipinski definition) is 1. The van der Waals surface area contributed by atoms with Gasteiger partial charge in [-0.3, -0.25) is 4.90 Å². The lowest BCUT2D eigenvalue weighted by Gasteiger charge is -2.16. The maximum absolute atomic E-state index is 6.15. The fraction of sp³-hybridized carbons (Fsp3) is 0.500. The predicted molar refractivity (Wildman–Crippen MR) is 69.2 cm³/mol. The maximum atomic E-state index is 6.15. The fourth-order valence-corrected chi connectivity index (χ4v) is 2.57. The van der Waals surface area contributed by atoms with Crippen LogP contribution in [0.3, 0.4) is 0 Å². The molecule has 1 saturated heterocycles. The topological polar surface area (TPSA) is 15.3 Å². The van der Waals surface area contributed by atoms with Crippen LogP contribution in [0.2, 0.25) is 10.0 Å². The first kappa shape index (κ1) is 12.2. The van der Waals surface area contributed by atoms with E-state index in [1.807, 2.05) is 25.2 Å². The van der Waals surface area contributed by atoms with Crippen molar-refractivity contribution in [1.82, 2.24) is 10.2 Å². The van der Waals surface area contributed by atoms with Gasteiger partial charge in [0.2, 0.25) is 0 Å². The lowest BCUT2D eigenvalue weighted by molar-refractivity contribution is 0.322. The summed E-state index contributed by atoms with van der Waals surface area (Å²) in [4.78, 5) is 2.41. The molecular weight excluding hydrogens is 243 g/mol. The summed E-state index contributed by atoms with van der Waals surface area (Å²) in [7, 11) is 2.02. The van der Waals surface area contributed by atoms with Crippen molar-refractivity contribution in [1.29, 1.82) is 0 Å². The van der Waals surface area contributed by atoms with Crippen molar-refractivity contribution in [3.05, 3.63) is 33.8 Å². The Kier molecular flexibility index (Phi) is 4.09. The molecule has 0 amide bonds. The minimum Gasteiger partial charge on any atom is -0.316 e. The zero-order chi connectivity index (χ0) is 11.5. The van der Waals surface area contributed by atoms with Gasteiger partial charge < -0.3 is 5.32 Å². The van der Waals surface area contributed by atoms with Gasteiger partial charge in [-0.2, -0.15) is 0 Å². The Bertz CT molecular complexity index is 368. The van der Waals surface area contributed by atoms with Gasteiger partial charge in [-0.1, -0.05) is 29.3 Å². The molecule has 1 aromatic rings. The van der Waals surface area contributed by atoms with Crippen LogP contribution < -0.4 is 5.32 Å². The van der Waals surface area contributed by atoms with Gasteiger partial charge in [0.1, 0.15) is 0 Å². The van der Waals surface area contributed by atoms with Crippen LogP contribution in [0.4, 0.5) is 0 Å². The van der Waals surface area contributed by atoms with Gasteiger partial charge in [0.15, 0.2) is 0 Å². The van der Waals surface area contributed by atoms with E-state index in [9.17, 15) is 0 Å². The third-order valence-corrected chi connectivity index (χ3v) is 3.68. The summed E-state index contributed by atoms with van der Waals surface area (Å²) in [6.07, 6.45) is 1.21. The van der Waals surface area contributed by atoms with Crippen molar-refractivity contribution in [2.75, 3.05) is 20.1 Å². The van der Waals surface area contributed by atoms with E-state index >= 15 is 0 Å². The number of hydrogen-bond acceptors (Lipinski definition) is 2. The summed E-state index contributed by atoms with van der Waals surface area (Å²) in [6, 6.07) is 6.33. The number of likely N-dealkylation sites (N-methyl/N-ethyl adjacent to an activating group) is 1. The quantitative estimate of drug-likeness (QED) is 0.897. The Balaban J connectivity index is 1.99. The van der Waals surface area contributed by atoms with Crippen LogP contribution >= 0.6 is 23.2 Å². The lowest BCUT2D eigenvalue weighted by Crippen LogP contribution is -2.29. The normalized spacial score (nSPS) is 21.6. The van der Waals surface area contributed by atoms with Crippen LogP contribution in [0.5, 0.6) is 0 Å². The zero-order valence-corrected chi connectivity index (χ0v) is 10.9. The Morgan fingerprint density at radius 2 is 2.25 bits per heavy atom. The summed E-state index contributed by atoms with van der Waals surface area (Å²) in [5, 5.41) is 4.77. The molecule has 0 saturated carbocycles. The summed E-state index contributed by atoms with van der Waals surface area (Å²) in [6.45, 7) is 3.13. The van der Waals surface area contributed by atoms with E-state index in [0.717, 1.165) is 30.2 Å². The van der Waals surface area contributed by atoms with E-state index in [1.54, 1.807) is 0 Å². The van der Waals surface area contributed by atoms with Gasteiger partial charge in [0, 0.05) is 35.7 Å². The third-order valence-electron chi connectivity index (χ3n) is 3.09. The Labute approximate surface area is 107 Å². The molecule has 1 aliphatic heterocycles. The highest BCUT2D eigenvalue weighted by molar-refractivity contribution is 6.35. The molecule has 1 heterocycles. The van der Waals surface area contributed by atoms with E-state index in [0.29, 0.717) is 11.1 Å². The molecule has 1 unspecified atom stereocenters. The van der Waals surface area contributed by atoms with Crippen LogP contribution in [0, 0.1) is 0 Å². The van der Waals surface area contributed by atoms with Gasteiger partial charge in [-0.15, -0.1) is 0 Å².